The summed E-state index contributed by atoms with van der Waals surface area (Å²) in [5, 5.41) is 6.87. The van der Waals surface area contributed by atoms with E-state index in [4.69, 9.17) is 15.0 Å². The molecule has 0 atom stereocenters. The molecule has 0 saturated heterocycles. The fourth-order valence-corrected chi connectivity index (χ4v) is 1.75. The standard InChI is InChI=1S/C14H18FN3O2/c1-8(2)19-14-6-13(12(16)5-11(14)15)17-7-10-4-9(3)18-20-10/h4-6,8,17H,7,16H2,1-3H3. The highest BCUT2D eigenvalue weighted by Crippen LogP contribution is 2.29. The van der Waals surface area contributed by atoms with Crippen molar-refractivity contribution in [3.8, 4) is 5.75 Å². The van der Waals surface area contributed by atoms with E-state index in [1.165, 1.54) is 6.07 Å². The topological polar surface area (TPSA) is 73.3 Å². The largest absolute Gasteiger partial charge is 0.488 e. The van der Waals surface area contributed by atoms with Crippen LogP contribution in [0.15, 0.2) is 22.7 Å². The number of hydrogen-bond donors (Lipinski definition) is 2. The molecule has 108 valence electrons. The van der Waals surface area contributed by atoms with Crippen LogP contribution < -0.4 is 15.8 Å². The predicted molar refractivity (Wildman–Crippen MR) is 75.1 cm³/mol. The number of hydrogen-bond acceptors (Lipinski definition) is 5. The highest BCUT2D eigenvalue weighted by atomic mass is 19.1. The first-order valence-electron chi connectivity index (χ1n) is 6.37. The molecule has 0 aliphatic heterocycles. The van der Waals surface area contributed by atoms with Crippen LogP contribution in [0.4, 0.5) is 15.8 Å². The summed E-state index contributed by atoms with van der Waals surface area (Å²) in [7, 11) is 0. The second-order valence-electron chi connectivity index (χ2n) is 4.82. The maximum Gasteiger partial charge on any atom is 0.167 e. The maximum absolute atomic E-state index is 13.7. The van der Waals surface area contributed by atoms with Crippen molar-refractivity contribution in [2.75, 3.05) is 11.1 Å². The lowest BCUT2D eigenvalue weighted by atomic mass is 10.2. The van der Waals surface area contributed by atoms with E-state index in [-0.39, 0.29) is 11.9 Å². The van der Waals surface area contributed by atoms with Crippen molar-refractivity contribution < 1.29 is 13.7 Å². The molecular formula is C14H18FN3O2. The Morgan fingerprint density at radius 1 is 1.40 bits per heavy atom. The van der Waals surface area contributed by atoms with Gasteiger partial charge in [0, 0.05) is 18.2 Å². The van der Waals surface area contributed by atoms with Crippen LogP contribution in [-0.2, 0) is 6.54 Å². The zero-order valence-corrected chi connectivity index (χ0v) is 11.7. The van der Waals surface area contributed by atoms with Crippen LogP contribution in [0.1, 0.15) is 25.3 Å². The van der Waals surface area contributed by atoms with Gasteiger partial charge >= 0.3 is 0 Å². The zero-order valence-electron chi connectivity index (χ0n) is 11.7. The quantitative estimate of drug-likeness (QED) is 0.823. The summed E-state index contributed by atoms with van der Waals surface area (Å²) in [5.41, 5.74) is 7.50. The highest BCUT2D eigenvalue weighted by Gasteiger charge is 2.11. The third kappa shape index (κ3) is 3.40. The molecule has 2 aromatic rings. The summed E-state index contributed by atoms with van der Waals surface area (Å²) in [6, 6.07) is 4.61. The molecule has 3 N–H and O–H groups in total. The van der Waals surface area contributed by atoms with Gasteiger partial charge in [-0.05, 0) is 20.8 Å². The SMILES string of the molecule is Cc1cc(CNc2cc(OC(C)C)c(F)cc2N)on1. The molecule has 1 aromatic carbocycles. The van der Waals surface area contributed by atoms with Gasteiger partial charge in [0.25, 0.3) is 0 Å². The molecule has 20 heavy (non-hydrogen) atoms. The number of aryl methyl sites for hydroxylation is 1. The van der Waals surface area contributed by atoms with Gasteiger partial charge in [0.15, 0.2) is 17.3 Å². The number of halogens is 1. The molecule has 1 heterocycles. The number of aromatic nitrogens is 1. The lowest BCUT2D eigenvalue weighted by molar-refractivity contribution is 0.231. The molecule has 0 unspecified atom stereocenters. The Hall–Kier alpha value is -2.24. The molecule has 1 aromatic heterocycles. The summed E-state index contributed by atoms with van der Waals surface area (Å²) in [6.07, 6.45) is -0.113. The van der Waals surface area contributed by atoms with Crippen LogP contribution >= 0.6 is 0 Å². The Kier molecular flexibility index (Phi) is 4.12. The average molecular weight is 279 g/mol. The fourth-order valence-electron chi connectivity index (χ4n) is 1.75. The average Bonchev–Trinajstić information content (AvgIpc) is 2.76. The molecule has 2 rings (SSSR count). The number of nitrogens with zero attached hydrogens (tertiary/aromatic N) is 1. The molecule has 0 fully saturated rings. The van der Waals surface area contributed by atoms with Crippen molar-refractivity contribution >= 4 is 11.4 Å². The molecule has 0 amide bonds. The van der Waals surface area contributed by atoms with Crippen molar-refractivity contribution in [1.82, 2.24) is 5.16 Å². The molecule has 0 radical (unpaired) electrons. The van der Waals surface area contributed by atoms with Crippen LogP contribution in [0.25, 0.3) is 0 Å². The van der Waals surface area contributed by atoms with E-state index in [1.54, 1.807) is 6.07 Å². The normalized spacial score (nSPS) is 10.8. The van der Waals surface area contributed by atoms with Gasteiger partial charge < -0.3 is 20.3 Å². The molecule has 0 bridgehead atoms. The number of nitrogen functional groups attached to an aromatic ring is 1. The smallest absolute Gasteiger partial charge is 0.167 e. The number of anilines is 2. The molecule has 6 heteroatoms. The minimum absolute atomic E-state index is 0.113. The zero-order chi connectivity index (χ0) is 14.7. The van der Waals surface area contributed by atoms with Gasteiger partial charge in [-0.25, -0.2) is 4.39 Å². The van der Waals surface area contributed by atoms with Crippen LogP contribution in [0, 0.1) is 12.7 Å². The summed E-state index contributed by atoms with van der Waals surface area (Å²) >= 11 is 0. The van der Waals surface area contributed by atoms with Crippen molar-refractivity contribution in [3.05, 3.63) is 35.5 Å². The van der Waals surface area contributed by atoms with Crippen molar-refractivity contribution in [2.45, 2.75) is 33.4 Å². The predicted octanol–water partition coefficient (Wildman–Crippen LogP) is 3.10. The number of benzene rings is 1. The second-order valence-corrected chi connectivity index (χ2v) is 4.82. The minimum Gasteiger partial charge on any atom is -0.488 e. The first kappa shape index (κ1) is 14.2. The van der Waals surface area contributed by atoms with Crippen molar-refractivity contribution in [2.24, 2.45) is 0 Å². The van der Waals surface area contributed by atoms with Crippen molar-refractivity contribution in [3.63, 3.8) is 0 Å². The van der Waals surface area contributed by atoms with E-state index in [0.717, 1.165) is 5.69 Å². The summed E-state index contributed by atoms with van der Waals surface area (Å²) < 4.78 is 24.2. The van der Waals surface area contributed by atoms with E-state index in [0.29, 0.717) is 23.7 Å². The number of rotatable bonds is 5. The number of nitrogens with two attached hydrogens (primary N) is 1. The second kappa shape index (κ2) is 5.81. The number of nitrogens with one attached hydrogen (secondary N) is 1. The van der Waals surface area contributed by atoms with E-state index < -0.39 is 5.82 Å². The summed E-state index contributed by atoms with van der Waals surface area (Å²) in [4.78, 5) is 0. The lowest BCUT2D eigenvalue weighted by Gasteiger charge is -2.14. The van der Waals surface area contributed by atoms with Gasteiger partial charge in [-0.15, -0.1) is 0 Å². The minimum atomic E-state index is -0.475. The van der Waals surface area contributed by atoms with Crippen LogP contribution in [0.2, 0.25) is 0 Å². The monoisotopic (exact) mass is 279 g/mol. The maximum atomic E-state index is 13.7. The van der Waals surface area contributed by atoms with Gasteiger partial charge in [-0.2, -0.15) is 0 Å². The van der Waals surface area contributed by atoms with Gasteiger partial charge in [0.2, 0.25) is 0 Å². The summed E-state index contributed by atoms with van der Waals surface area (Å²) in [6.45, 7) is 5.92. The van der Waals surface area contributed by atoms with E-state index in [2.05, 4.69) is 10.5 Å². The molecule has 0 spiro atoms. The van der Waals surface area contributed by atoms with Crippen LogP contribution in [0.5, 0.6) is 5.75 Å². The third-order valence-corrected chi connectivity index (χ3v) is 2.60. The number of ether oxygens (including phenoxy) is 1. The van der Waals surface area contributed by atoms with Gasteiger partial charge in [-0.3, -0.25) is 0 Å². The Balaban J connectivity index is 2.14. The molecule has 0 saturated carbocycles. The third-order valence-electron chi connectivity index (χ3n) is 2.60. The van der Waals surface area contributed by atoms with Gasteiger partial charge in [-0.1, -0.05) is 5.16 Å². The van der Waals surface area contributed by atoms with Crippen LogP contribution in [-0.4, -0.2) is 11.3 Å². The first-order valence-corrected chi connectivity index (χ1v) is 6.37. The first-order chi connectivity index (χ1) is 9.45. The van der Waals surface area contributed by atoms with Gasteiger partial charge in [0.05, 0.1) is 29.7 Å². The molecule has 0 aliphatic rings. The summed E-state index contributed by atoms with van der Waals surface area (Å²) in [5.74, 6) is 0.375. The Morgan fingerprint density at radius 3 is 2.75 bits per heavy atom. The van der Waals surface area contributed by atoms with Gasteiger partial charge in [0.1, 0.15) is 0 Å². The Labute approximate surface area is 116 Å². The van der Waals surface area contributed by atoms with Crippen LogP contribution in [0.3, 0.4) is 0 Å². The van der Waals surface area contributed by atoms with E-state index in [9.17, 15) is 4.39 Å². The van der Waals surface area contributed by atoms with E-state index in [1.807, 2.05) is 26.8 Å². The lowest BCUT2D eigenvalue weighted by Crippen LogP contribution is -2.09. The van der Waals surface area contributed by atoms with Crippen molar-refractivity contribution in [1.29, 1.82) is 0 Å². The highest BCUT2D eigenvalue weighted by molar-refractivity contribution is 5.68. The molecule has 0 aliphatic carbocycles. The van der Waals surface area contributed by atoms with E-state index >= 15 is 0 Å². The fraction of sp³-hybridized carbons (Fsp3) is 0.357. The molecular weight excluding hydrogens is 261 g/mol. The molecule has 5 nitrogen and oxygen atoms in total. The Bertz CT molecular complexity index is 596. The Morgan fingerprint density at radius 2 is 2.15 bits per heavy atom.